The zero-order valence-corrected chi connectivity index (χ0v) is 18.5. The summed E-state index contributed by atoms with van der Waals surface area (Å²) in [7, 11) is 0. The van der Waals surface area contributed by atoms with Gasteiger partial charge in [-0.25, -0.2) is 0 Å². The van der Waals surface area contributed by atoms with Crippen LogP contribution < -0.4 is 0 Å². The monoisotopic (exact) mass is 346 g/mol. The summed E-state index contributed by atoms with van der Waals surface area (Å²) in [4.78, 5) is 0. The maximum Gasteiger partial charge on any atom is -0.0165 e. The maximum absolute atomic E-state index is 2.60. The fourth-order valence-corrected chi connectivity index (χ4v) is 4.48. The second kappa shape index (κ2) is 11.2. The van der Waals surface area contributed by atoms with Gasteiger partial charge in [0.25, 0.3) is 0 Å². The molecule has 1 rings (SSSR count). The van der Waals surface area contributed by atoms with Crippen molar-refractivity contribution in [3.63, 3.8) is 0 Å². The molecule has 0 radical (unpaired) electrons. The first kappa shape index (κ1) is 22.5. The molecule has 1 aliphatic rings. The zero-order valence-electron chi connectivity index (χ0n) is 18.5. The van der Waals surface area contributed by atoms with Crippen molar-refractivity contribution in [2.45, 2.75) is 119 Å². The molecule has 0 saturated heterocycles. The number of allylic oxidation sites excluding steroid dienone is 4. The largest absolute Gasteiger partial charge is 0.0820 e. The second-order valence-electron chi connectivity index (χ2n) is 9.12. The third kappa shape index (κ3) is 7.71. The zero-order chi connectivity index (χ0) is 18.9. The predicted molar refractivity (Wildman–Crippen MR) is 115 cm³/mol. The van der Waals surface area contributed by atoms with Crippen molar-refractivity contribution in [1.29, 1.82) is 0 Å². The van der Waals surface area contributed by atoms with Crippen molar-refractivity contribution >= 4 is 0 Å². The molecule has 0 bridgehead atoms. The molecule has 1 fully saturated rings. The lowest BCUT2D eigenvalue weighted by Crippen LogP contribution is -2.22. The topological polar surface area (TPSA) is 0 Å². The highest BCUT2D eigenvalue weighted by Gasteiger charge is 2.30. The number of hydrogen-bond acceptors (Lipinski definition) is 0. The molecule has 0 aliphatic heterocycles. The molecule has 0 aromatic heterocycles. The van der Waals surface area contributed by atoms with Gasteiger partial charge in [0.15, 0.2) is 0 Å². The van der Waals surface area contributed by atoms with Crippen LogP contribution in [0.5, 0.6) is 0 Å². The summed E-state index contributed by atoms with van der Waals surface area (Å²) in [6.45, 7) is 16.7. The van der Waals surface area contributed by atoms with Gasteiger partial charge in [0.1, 0.15) is 0 Å². The van der Waals surface area contributed by atoms with E-state index in [0.29, 0.717) is 5.41 Å². The summed E-state index contributed by atoms with van der Waals surface area (Å²) in [5, 5.41) is 0. The van der Waals surface area contributed by atoms with Gasteiger partial charge >= 0.3 is 0 Å². The minimum atomic E-state index is 0.438. The van der Waals surface area contributed by atoms with Gasteiger partial charge in [-0.3, -0.25) is 0 Å². The summed E-state index contributed by atoms with van der Waals surface area (Å²) in [5.41, 5.74) is 5.67. The minimum absolute atomic E-state index is 0.438. The summed E-state index contributed by atoms with van der Waals surface area (Å²) < 4.78 is 0. The van der Waals surface area contributed by atoms with E-state index in [0.717, 1.165) is 11.8 Å². The van der Waals surface area contributed by atoms with E-state index in [2.05, 4.69) is 54.5 Å². The molecule has 0 aromatic rings. The Morgan fingerprint density at radius 2 is 1.80 bits per heavy atom. The maximum atomic E-state index is 2.60. The van der Waals surface area contributed by atoms with Crippen LogP contribution in [0.4, 0.5) is 0 Å². The van der Waals surface area contributed by atoms with Crippen LogP contribution in [0.1, 0.15) is 119 Å². The van der Waals surface area contributed by atoms with Crippen LogP contribution in [0, 0.1) is 17.3 Å². The fourth-order valence-electron chi connectivity index (χ4n) is 4.48. The Labute approximate surface area is 159 Å². The molecule has 2 unspecified atom stereocenters. The SMILES string of the molecule is CCCCC(C)=CC(CC)C(C)(C)CCCCC(CC)=C1CC1CC. The van der Waals surface area contributed by atoms with Gasteiger partial charge in [-0.1, -0.05) is 77.2 Å². The lowest BCUT2D eigenvalue weighted by atomic mass is 9.73. The third-order valence-corrected chi connectivity index (χ3v) is 6.58. The first-order valence-electron chi connectivity index (χ1n) is 11.3. The van der Waals surface area contributed by atoms with Crippen molar-refractivity contribution in [3.8, 4) is 0 Å². The molecular formula is C25H46. The van der Waals surface area contributed by atoms with Crippen LogP contribution in [0.3, 0.4) is 0 Å². The lowest BCUT2D eigenvalue weighted by molar-refractivity contribution is 0.223. The third-order valence-electron chi connectivity index (χ3n) is 6.58. The Balaban J connectivity index is 2.46. The van der Waals surface area contributed by atoms with E-state index in [1.165, 1.54) is 70.6 Å². The van der Waals surface area contributed by atoms with Crippen molar-refractivity contribution in [3.05, 3.63) is 22.8 Å². The number of hydrogen-bond donors (Lipinski definition) is 0. The highest BCUT2D eigenvalue weighted by atomic mass is 14.4. The van der Waals surface area contributed by atoms with E-state index in [-0.39, 0.29) is 0 Å². The molecular weight excluding hydrogens is 300 g/mol. The van der Waals surface area contributed by atoms with Gasteiger partial charge in [-0.05, 0) is 82.0 Å². The molecule has 2 atom stereocenters. The first-order chi connectivity index (χ1) is 11.9. The Morgan fingerprint density at radius 3 is 2.32 bits per heavy atom. The van der Waals surface area contributed by atoms with E-state index in [1.54, 1.807) is 11.1 Å². The molecule has 0 nitrogen and oxygen atoms in total. The molecule has 0 amide bonds. The molecule has 146 valence electrons. The van der Waals surface area contributed by atoms with E-state index in [4.69, 9.17) is 0 Å². The summed E-state index contributed by atoms with van der Waals surface area (Å²) in [5.74, 6) is 1.69. The molecule has 0 aromatic carbocycles. The fraction of sp³-hybridized carbons (Fsp3) is 0.840. The molecule has 0 spiro atoms. The molecule has 0 heteroatoms. The summed E-state index contributed by atoms with van der Waals surface area (Å²) in [6, 6.07) is 0. The average molecular weight is 347 g/mol. The smallest absolute Gasteiger partial charge is 0.0165 e. The highest BCUT2D eigenvalue weighted by Crippen LogP contribution is 2.45. The van der Waals surface area contributed by atoms with Crippen LogP contribution in [0.2, 0.25) is 0 Å². The van der Waals surface area contributed by atoms with Gasteiger partial charge in [0.05, 0.1) is 0 Å². The van der Waals surface area contributed by atoms with Crippen molar-refractivity contribution in [1.82, 2.24) is 0 Å². The van der Waals surface area contributed by atoms with E-state index >= 15 is 0 Å². The van der Waals surface area contributed by atoms with Crippen LogP contribution in [-0.2, 0) is 0 Å². The van der Waals surface area contributed by atoms with E-state index < -0.39 is 0 Å². The van der Waals surface area contributed by atoms with E-state index in [9.17, 15) is 0 Å². The quantitative estimate of drug-likeness (QED) is 0.231. The molecule has 0 heterocycles. The molecule has 1 aliphatic carbocycles. The summed E-state index contributed by atoms with van der Waals surface area (Å²) >= 11 is 0. The minimum Gasteiger partial charge on any atom is -0.0820 e. The van der Waals surface area contributed by atoms with Gasteiger partial charge < -0.3 is 0 Å². The van der Waals surface area contributed by atoms with Crippen LogP contribution in [0.15, 0.2) is 22.8 Å². The normalized spacial score (nSPS) is 21.4. The van der Waals surface area contributed by atoms with E-state index in [1.807, 2.05) is 5.57 Å². The van der Waals surface area contributed by atoms with Crippen molar-refractivity contribution < 1.29 is 0 Å². The Kier molecular flexibility index (Phi) is 10.1. The number of rotatable bonds is 13. The van der Waals surface area contributed by atoms with Crippen molar-refractivity contribution in [2.24, 2.45) is 17.3 Å². The Bertz CT molecular complexity index is 435. The first-order valence-corrected chi connectivity index (χ1v) is 11.3. The second-order valence-corrected chi connectivity index (χ2v) is 9.12. The van der Waals surface area contributed by atoms with Gasteiger partial charge in [0, 0.05) is 0 Å². The van der Waals surface area contributed by atoms with Gasteiger partial charge in [0.2, 0.25) is 0 Å². The predicted octanol–water partition coefficient (Wildman–Crippen LogP) is 8.87. The van der Waals surface area contributed by atoms with Gasteiger partial charge in [-0.15, -0.1) is 0 Å². The van der Waals surface area contributed by atoms with Crippen LogP contribution in [-0.4, -0.2) is 0 Å². The molecule has 0 N–H and O–H groups in total. The van der Waals surface area contributed by atoms with Crippen LogP contribution >= 0.6 is 0 Å². The lowest BCUT2D eigenvalue weighted by Gasteiger charge is -2.33. The number of unbranched alkanes of at least 4 members (excludes halogenated alkanes) is 2. The Hall–Kier alpha value is -0.520. The van der Waals surface area contributed by atoms with Gasteiger partial charge in [-0.2, -0.15) is 0 Å². The molecule has 25 heavy (non-hydrogen) atoms. The molecule has 1 saturated carbocycles. The average Bonchev–Trinajstić information content (AvgIpc) is 3.37. The van der Waals surface area contributed by atoms with Crippen LogP contribution in [0.25, 0.3) is 0 Å². The standard InChI is InChI=1S/C25H46/c1-8-12-15-20(5)18-23(11-4)25(6,7)17-14-13-16-21(9-2)24-19-22(24)10-3/h18,22-23H,8-17,19H2,1-7H3. The Morgan fingerprint density at radius 1 is 1.08 bits per heavy atom. The highest BCUT2D eigenvalue weighted by molar-refractivity contribution is 5.29. The van der Waals surface area contributed by atoms with Crippen molar-refractivity contribution in [2.75, 3.05) is 0 Å². The summed E-state index contributed by atoms with van der Waals surface area (Å²) in [6.07, 6.45) is 17.4.